The van der Waals surface area contributed by atoms with Crippen molar-refractivity contribution in [2.45, 2.75) is 51.5 Å². The molecule has 1 heterocycles. The third-order valence-corrected chi connectivity index (χ3v) is 7.18. The minimum atomic E-state index is 0.464. The SMILES string of the molecule is CC(NC(=S)NNc1cccs1)C12CC3CC(CC(C3)C1)C2. The largest absolute Gasteiger partial charge is 0.358 e. The van der Waals surface area contributed by atoms with E-state index >= 15 is 0 Å². The van der Waals surface area contributed by atoms with Crippen LogP contribution in [0.1, 0.15) is 45.4 Å². The van der Waals surface area contributed by atoms with Crippen LogP contribution in [0.4, 0.5) is 5.00 Å². The average molecular weight is 336 g/mol. The molecule has 3 N–H and O–H groups in total. The molecule has 0 spiro atoms. The van der Waals surface area contributed by atoms with Crippen molar-refractivity contribution in [2.75, 3.05) is 5.43 Å². The Morgan fingerprint density at radius 1 is 1.23 bits per heavy atom. The lowest BCUT2D eigenvalue weighted by Gasteiger charge is -2.59. The molecule has 0 aliphatic heterocycles. The Morgan fingerprint density at radius 3 is 2.41 bits per heavy atom. The van der Waals surface area contributed by atoms with Crippen LogP contribution in [-0.4, -0.2) is 11.2 Å². The van der Waals surface area contributed by atoms with Crippen molar-refractivity contribution in [3.63, 3.8) is 0 Å². The lowest BCUT2D eigenvalue weighted by Crippen LogP contribution is -2.57. The molecule has 4 aliphatic rings. The molecule has 5 rings (SSSR count). The van der Waals surface area contributed by atoms with E-state index in [0.29, 0.717) is 11.5 Å². The number of hydrogen-bond acceptors (Lipinski definition) is 3. The van der Waals surface area contributed by atoms with Gasteiger partial charge in [0.15, 0.2) is 5.11 Å². The maximum atomic E-state index is 5.48. The van der Waals surface area contributed by atoms with Gasteiger partial charge < -0.3 is 5.32 Å². The van der Waals surface area contributed by atoms with Gasteiger partial charge in [0.05, 0.1) is 0 Å². The Balaban J connectivity index is 1.35. The lowest BCUT2D eigenvalue weighted by molar-refractivity contribution is -0.0672. The predicted molar refractivity (Wildman–Crippen MR) is 96.9 cm³/mol. The molecule has 22 heavy (non-hydrogen) atoms. The van der Waals surface area contributed by atoms with Gasteiger partial charge in [0, 0.05) is 6.04 Å². The number of nitrogens with one attached hydrogen (secondary N) is 3. The van der Waals surface area contributed by atoms with Crippen LogP contribution in [0, 0.1) is 23.2 Å². The van der Waals surface area contributed by atoms with E-state index < -0.39 is 0 Å². The summed E-state index contributed by atoms with van der Waals surface area (Å²) >= 11 is 7.15. The minimum absolute atomic E-state index is 0.464. The van der Waals surface area contributed by atoms with Crippen LogP contribution in [0.2, 0.25) is 0 Å². The van der Waals surface area contributed by atoms with Gasteiger partial charge in [-0.25, -0.2) is 0 Å². The summed E-state index contributed by atoms with van der Waals surface area (Å²) in [5.41, 5.74) is 6.79. The van der Waals surface area contributed by atoms with E-state index in [0.717, 1.165) is 27.9 Å². The van der Waals surface area contributed by atoms with Crippen molar-refractivity contribution in [1.29, 1.82) is 0 Å². The Bertz CT molecular complexity index is 505. The van der Waals surface area contributed by atoms with Crippen molar-refractivity contribution < 1.29 is 0 Å². The molecule has 1 atom stereocenters. The van der Waals surface area contributed by atoms with Crippen molar-refractivity contribution in [2.24, 2.45) is 23.2 Å². The summed E-state index contributed by atoms with van der Waals surface area (Å²) in [7, 11) is 0. The third kappa shape index (κ3) is 2.73. The molecule has 0 aromatic carbocycles. The van der Waals surface area contributed by atoms with Crippen LogP contribution >= 0.6 is 23.6 Å². The zero-order valence-corrected chi connectivity index (χ0v) is 14.7. The van der Waals surface area contributed by atoms with Crippen molar-refractivity contribution >= 4 is 33.7 Å². The highest BCUT2D eigenvalue weighted by molar-refractivity contribution is 7.80. The fourth-order valence-corrected chi connectivity index (χ4v) is 6.36. The van der Waals surface area contributed by atoms with Crippen LogP contribution in [-0.2, 0) is 0 Å². The van der Waals surface area contributed by atoms with E-state index in [-0.39, 0.29) is 0 Å². The van der Waals surface area contributed by atoms with Crippen LogP contribution < -0.4 is 16.2 Å². The smallest absolute Gasteiger partial charge is 0.185 e. The van der Waals surface area contributed by atoms with E-state index in [2.05, 4.69) is 28.5 Å². The normalized spacial score (nSPS) is 36.9. The molecule has 0 radical (unpaired) electrons. The van der Waals surface area contributed by atoms with Crippen molar-refractivity contribution in [1.82, 2.24) is 10.7 Å². The Labute approximate surface area is 142 Å². The van der Waals surface area contributed by atoms with E-state index in [1.807, 2.05) is 12.1 Å². The molecule has 0 amide bonds. The Morgan fingerprint density at radius 2 is 1.86 bits per heavy atom. The van der Waals surface area contributed by atoms with E-state index in [4.69, 9.17) is 12.2 Å². The molecule has 0 saturated heterocycles. The standard InChI is InChI=1S/C17H25N3S2/c1-11(18-16(21)20-19-15-3-2-4-22-15)17-8-12-5-13(9-17)7-14(6-12)10-17/h2-4,11-14,19H,5-10H2,1H3,(H2,18,20,21). The van der Waals surface area contributed by atoms with E-state index in [9.17, 15) is 0 Å². The molecule has 5 heteroatoms. The first kappa shape index (κ1) is 14.8. The molecule has 3 nitrogen and oxygen atoms in total. The van der Waals surface area contributed by atoms with Crippen molar-refractivity contribution in [3.05, 3.63) is 17.5 Å². The second-order valence-electron chi connectivity index (χ2n) is 7.70. The summed E-state index contributed by atoms with van der Waals surface area (Å²) in [6.45, 7) is 2.34. The summed E-state index contributed by atoms with van der Waals surface area (Å²) in [5, 5.41) is 7.42. The monoisotopic (exact) mass is 335 g/mol. The predicted octanol–water partition coefficient (Wildman–Crippen LogP) is 4.14. The topological polar surface area (TPSA) is 36.1 Å². The van der Waals surface area contributed by atoms with Gasteiger partial charge in [-0.3, -0.25) is 10.9 Å². The van der Waals surface area contributed by atoms with Crippen LogP contribution in [0.5, 0.6) is 0 Å². The molecular formula is C17H25N3S2. The van der Waals surface area contributed by atoms with E-state index in [1.165, 1.54) is 38.5 Å². The first-order valence-corrected chi connectivity index (χ1v) is 9.78. The Hall–Kier alpha value is -0.810. The fraction of sp³-hybridized carbons (Fsp3) is 0.706. The molecule has 1 unspecified atom stereocenters. The van der Waals surface area contributed by atoms with Crippen LogP contribution in [0.15, 0.2) is 17.5 Å². The summed E-state index contributed by atoms with van der Waals surface area (Å²) < 4.78 is 0. The quantitative estimate of drug-likeness (QED) is 0.571. The molecule has 1 aromatic rings. The summed E-state index contributed by atoms with van der Waals surface area (Å²) in [6.07, 6.45) is 8.72. The van der Waals surface area contributed by atoms with Gasteiger partial charge in [0.1, 0.15) is 5.00 Å². The van der Waals surface area contributed by atoms with Gasteiger partial charge in [-0.1, -0.05) is 0 Å². The maximum absolute atomic E-state index is 5.48. The van der Waals surface area contributed by atoms with Gasteiger partial charge in [0.25, 0.3) is 0 Å². The van der Waals surface area contributed by atoms with E-state index in [1.54, 1.807) is 11.3 Å². The highest BCUT2D eigenvalue weighted by Crippen LogP contribution is 2.61. The highest BCUT2D eigenvalue weighted by atomic mass is 32.1. The molecule has 4 bridgehead atoms. The van der Waals surface area contributed by atoms with Gasteiger partial charge in [-0.2, -0.15) is 0 Å². The molecule has 4 saturated carbocycles. The van der Waals surface area contributed by atoms with Gasteiger partial charge in [-0.05, 0) is 98.3 Å². The molecule has 120 valence electrons. The number of rotatable bonds is 4. The molecule has 4 fully saturated rings. The number of hydrazine groups is 1. The lowest BCUT2D eigenvalue weighted by atomic mass is 9.48. The van der Waals surface area contributed by atoms with Gasteiger partial charge in [0.2, 0.25) is 0 Å². The Kier molecular flexibility index (Phi) is 3.81. The van der Waals surface area contributed by atoms with Crippen molar-refractivity contribution in [3.8, 4) is 0 Å². The summed E-state index contributed by atoms with van der Waals surface area (Å²) in [6, 6.07) is 4.54. The van der Waals surface area contributed by atoms with Crippen LogP contribution in [0.3, 0.4) is 0 Å². The first-order chi connectivity index (χ1) is 10.6. The molecular weight excluding hydrogens is 310 g/mol. The number of anilines is 1. The summed E-state index contributed by atoms with van der Waals surface area (Å²) in [4.78, 5) is 0. The maximum Gasteiger partial charge on any atom is 0.185 e. The zero-order valence-electron chi connectivity index (χ0n) is 13.1. The minimum Gasteiger partial charge on any atom is -0.358 e. The number of thiocarbonyl (C=S) groups is 1. The second-order valence-corrected chi connectivity index (χ2v) is 9.06. The second kappa shape index (κ2) is 5.68. The summed E-state index contributed by atoms with van der Waals surface area (Å²) in [5.74, 6) is 2.96. The van der Waals surface area contributed by atoms with Crippen LogP contribution in [0.25, 0.3) is 0 Å². The molecule has 1 aromatic heterocycles. The van der Waals surface area contributed by atoms with Gasteiger partial charge in [-0.15, -0.1) is 11.3 Å². The fourth-order valence-electron chi connectivity index (χ4n) is 5.56. The van der Waals surface area contributed by atoms with Gasteiger partial charge >= 0.3 is 0 Å². The average Bonchev–Trinajstić information content (AvgIpc) is 2.97. The first-order valence-electron chi connectivity index (χ1n) is 8.49. The third-order valence-electron chi connectivity index (χ3n) is 6.17. The highest BCUT2D eigenvalue weighted by Gasteiger charge is 2.53. The number of hydrogen-bond donors (Lipinski definition) is 3. The number of thiophene rings is 1. The zero-order chi connectivity index (χ0) is 15.2. The molecule has 4 aliphatic carbocycles.